The van der Waals surface area contributed by atoms with E-state index in [4.69, 9.17) is 0 Å². The van der Waals surface area contributed by atoms with Crippen LogP contribution in [-0.4, -0.2) is 37.0 Å². The van der Waals surface area contributed by atoms with Crippen molar-refractivity contribution < 1.29 is 4.79 Å². The summed E-state index contributed by atoms with van der Waals surface area (Å²) in [4.78, 5) is 14.6. The number of rotatable bonds is 1. The third kappa shape index (κ3) is 1.65. The van der Waals surface area contributed by atoms with Crippen molar-refractivity contribution in [2.75, 3.05) is 26.2 Å². The molecule has 2 unspecified atom stereocenters. The fraction of sp³-hybridized carbons (Fsp3) is 0.923. The molecule has 1 amide bonds. The van der Waals surface area contributed by atoms with Crippen LogP contribution in [0.3, 0.4) is 0 Å². The van der Waals surface area contributed by atoms with Gasteiger partial charge in [0.1, 0.15) is 0 Å². The Morgan fingerprint density at radius 1 is 1.19 bits per heavy atom. The van der Waals surface area contributed by atoms with Crippen molar-refractivity contribution in [2.45, 2.75) is 26.2 Å². The van der Waals surface area contributed by atoms with Crippen LogP contribution in [-0.2, 0) is 4.79 Å². The highest BCUT2D eigenvalue weighted by Gasteiger charge is 2.41. The molecule has 3 nitrogen and oxygen atoms in total. The highest BCUT2D eigenvalue weighted by molar-refractivity contribution is 5.79. The summed E-state index contributed by atoms with van der Waals surface area (Å²) >= 11 is 0. The molecule has 1 aliphatic carbocycles. The standard InChI is InChI=1S/C13H22N2O/c1-9-3-2-4-12(9)13(16)15-7-10-5-14-6-11(10)8-15/h9-12,14H,2-8H2,1H3/t9?,10-,11+,12?. The van der Waals surface area contributed by atoms with E-state index in [2.05, 4.69) is 17.1 Å². The average molecular weight is 222 g/mol. The number of nitrogens with zero attached hydrogens (tertiary/aromatic N) is 1. The van der Waals surface area contributed by atoms with Crippen LogP contribution >= 0.6 is 0 Å². The lowest BCUT2D eigenvalue weighted by Crippen LogP contribution is -2.37. The van der Waals surface area contributed by atoms with E-state index < -0.39 is 0 Å². The second-order valence-electron chi connectivity index (χ2n) is 5.94. The molecule has 4 atom stereocenters. The first-order valence-corrected chi connectivity index (χ1v) is 6.75. The third-order valence-electron chi connectivity index (χ3n) is 4.88. The SMILES string of the molecule is CC1CCCC1C(=O)N1C[C@H]2CNC[C@H]2C1. The lowest BCUT2D eigenvalue weighted by molar-refractivity contribution is -0.135. The maximum atomic E-state index is 12.4. The van der Waals surface area contributed by atoms with Crippen molar-refractivity contribution in [2.24, 2.45) is 23.7 Å². The van der Waals surface area contributed by atoms with Crippen LogP contribution in [0.5, 0.6) is 0 Å². The fourth-order valence-electron chi connectivity index (χ4n) is 3.78. The van der Waals surface area contributed by atoms with E-state index in [1.54, 1.807) is 0 Å². The van der Waals surface area contributed by atoms with Crippen molar-refractivity contribution in [3.63, 3.8) is 0 Å². The van der Waals surface area contributed by atoms with Gasteiger partial charge in [-0.1, -0.05) is 13.3 Å². The van der Waals surface area contributed by atoms with Gasteiger partial charge in [-0.2, -0.15) is 0 Å². The van der Waals surface area contributed by atoms with Gasteiger partial charge in [-0.15, -0.1) is 0 Å². The third-order valence-corrected chi connectivity index (χ3v) is 4.88. The number of carbonyl (C=O) groups is 1. The molecular formula is C13H22N2O. The van der Waals surface area contributed by atoms with Gasteiger partial charge >= 0.3 is 0 Å². The Kier molecular flexibility index (Phi) is 2.66. The van der Waals surface area contributed by atoms with Crippen LogP contribution in [0.1, 0.15) is 26.2 Å². The molecule has 3 aliphatic rings. The number of hydrogen-bond donors (Lipinski definition) is 1. The van der Waals surface area contributed by atoms with Gasteiger partial charge in [0.05, 0.1) is 0 Å². The van der Waals surface area contributed by atoms with Crippen LogP contribution in [0.15, 0.2) is 0 Å². The second kappa shape index (κ2) is 4.02. The minimum absolute atomic E-state index is 0.340. The van der Waals surface area contributed by atoms with Gasteiger partial charge in [-0.3, -0.25) is 4.79 Å². The van der Waals surface area contributed by atoms with E-state index in [0.717, 1.165) is 44.4 Å². The molecule has 2 heterocycles. The molecule has 0 aromatic carbocycles. The van der Waals surface area contributed by atoms with Crippen LogP contribution < -0.4 is 5.32 Å². The van der Waals surface area contributed by atoms with E-state index in [9.17, 15) is 4.79 Å². The number of likely N-dealkylation sites (tertiary alicyclic amines) is 1. The second-order valence-corrected chi connectivity index (χ2v) is 5.94. The first kappa shape index (κ1) is 10.6. The van der Waals surface area contributed by atoms with Crippen molar-refractivity contribution in [1.82, 2.24) is 10.2 Å². The molecule has 16 heavy (non-hydrogen) atoms. The van der Waals surface area contributed by atoms with Gasteiger partial charge in [0.2, 0.25) is 5.91 Å². The summed E-state index contributed by atoms with van der Waals surface area (Å²) in [6.45, 7) is 6.51. The monoisotopic (exact) mass is 222 g/mol. The Morgan fingerprint density at radius 3 is 2.44 bits per heavy atom. The van der Waals surface area contributed by atoms with Crippen LogP contribution in [0.25, 0.3) is 0 Å². The molecular weight excluding hydrogens is 200 g/mol. The van der Waals surface area contributed by atoms with Gasteiger partial charge in [0.25, 0.3) is 0 Å². The van der Waals surface area contributed by atoms with Crippen molar-refractivity contribution in [3.05, 3.63) is 0 Å². The number of hydrogen-bond acceptors (Lipinski definition) is 2. The first-order chi connectivity index (χ1) is 7.75. The molecule has 0 bridgehead atoms. The lowest BCUT2D eigenvalue weighted by Gasteiger charge is -2.23. The van der Waals surface area contributed by atoms with E-state index >= 15 is 0 Å². The summed E-state index contributed by atoms with van der Waals surface area (Å²) in [5.41, 5.74) is 0. The van der Waals surface area contributed by atoms with E-state index in [0.29, 0.717) is 17.7 Å². The summed E-state index contributed by atoms with van der Waals surface area (Å²) in [5, 5.41) is 3.42. The Hall–Kier alpha value is -0.570. The quantitative estimate of drug-likeness (QED) is 0.720. The molecule has 3 rings (SSSR count). The van der Waals surface area contributed by atoms with Crippen LogP contribution in [0, 0.1) is 23.7 Å². The molecule has 0 aromatic rings. The molecule has 0 aromatic heterocycles. The van der Waals surface area contributed by atoms with Gasteiger partial charge in [0, 0.05) is 32.1 Å². The normalized spacial score (nSPS) is 42.7. The molecule has 2 saturated heterocycles. The number of amides is 1. The minimum atomic E-state index is 0.340. The molecule has 3 fully saturated rings. The zero-order valence-corrected chi connectivity index (χ0v) is 10.1. The minimum Gasteiger partial charge on any atom is -0.342 e. The summed E-state index contributed by atoms with van der Waals surface area (Å²) in [7, 11) is 0. The number of fused-ring (bicyclic) bond motifs is 1. The van der Waals surface area contributed by atoms with Crippen molar-refractivity contribution in [3.8, 4) is 0 Å². The maximum absolute atomic E-state index is 12.4. The Labute approximate surface area is 97.6 Å². The summed E-state index contributed by atoms with van der Waals surface area (Å²) in [5.74, 6) is 2.89. The highest BCUT2D eigenvalue weighted by Crippen LogP contribution is 2.35. The summed E-state index contributed by atoms with van der Waals surface area (Å²) in [6, 6.07) is 0. The van der Waals surface area contributed by atoms with E-state index in [-0.39, 0.29) is 0 Å². The van der Waals surface area contributed by atoms with E-state index in [1.165, 1.54) is 12.8 Å². The van der Waals surface area contributed by atoms with Gasteiger partial charge < -0.3 is 10.2 Å². The van der Waals surface area contributed by atoms with E-state index in [1.807, 2.05) is 0 Å². The predicted octanol–water partition coefficient (Wildman–Crippen LogP) is 1.10. The average Bonchev–Trinajstić information content (AvgIpc) is 2.89. The van der Waals surface area contributed by atoms with Gasteiger partial charge in [-0.05, 0) is 30.6 Å². The maximum Gasteiger partial charge on any atom is 0.225 e. The molecule has 0 spiro atoms. The molecule has 1 N–H and O–H groups in total. The largest absolute Gasteiger partial charge is 0.342 e. The molecule has 1 saturated carbocycles. The fourth-order valence-corrected chi connectivity index (χ4v) is 3.78. The zero-order chi connectivity index (χ0) is 11.1. The Bertz CT molecular complexity index is 280. The Balaban J connectivity index is 1.63. The molecule has 3 heteroatoms. The predicted molar refractivity (Wildman–Crippen MR) is 62.9 cm³/mol. The number of carbonyl (C=O) groups excluding carboxylic acids is 1. The number of nitrogens with one attached hydrogen (secondary N) is 1. The summed E-state index contributed by atoms with van der Waals surface area (Å²) in [6.07, 6.45) is 3.63. The molecule has 2 aliphatic heterocycles. The highest BCUT2D eigenvalue weighted by atomic mass is 16.2. The molecule has 90 valence electrons. The van der Waals surface area contributed by atoms with Crippen LogP contribution in [0.2, 0.25) is 0 Å². The van der Waals surface area contributed by atoms with Gasteiger partial charge in [-0.25, -0.2) is 0 Å². The van der Waals surface area contributed by atoms with Crippen molar-refractivity contribution in [1.29, 1.82) is 0 Å². The first-order valence-electron chi connectivity index (χ1n) is 6.75. The Morgan fingerprint density at radius 2 is 1.88 bits per heavy atom. The van der Waals surface area contributed by atoms with Gasteiger partial charge in [0.15, 0.2) is 0 Å². The lowest BCUT2D eigenvalue weighted by atomic mass is 9.97. The zero-order valence-electron chi connectivity index (χ0n) is 10.1. The topological polar surface area (TPSA) is 32.3 Å². The smallest absolute Gasteiger partial charge is 0.225 e. The molecule has 0 radical (unpaired) electrons. The summed E-state index contributed by atoms with van der Waals surface area (Å²) < 4.78 is 0. The van der Waals surface area contributed by atoms with Crippen molar-refractivity contribution >= 4 is 5.91 Å². The van der Waals surface area contributed by atoms with Crippen LogP contribution in [0.4, 0.5) is 0 Å².